The summed E-state index contributed by atoms with van der Waals surface area (Å²) in [6.45, 7) is 13.2. The average molecular weight is 861 g/mol. The number of aromatic amines is 1. The molecule has 3 saturated carbocycles. The molecule has 2 atom stereocenters. The smallest absolute Gasteiger partial charge is 0.420 e. The van der Waals surface area contributed by atoms with E-state index in [4.69, 9.17) is 28.5 Å². The van der Waals surface area contributed by atoms with E-state index in [2.05, 4.69) is 37.4 Å². The van der Waals surface area contributed by atoms with Gasteiger partial charge in [0.25, 0.3) is 0 Å². The number of aliphatic hydroxyl groups is 1. The van der Waals surface area contributed by atoms with E-state index >= 15 is 0 Å². The summed E-state index contributed by atoms with van der Waals surface area (Å²) in [5.74, 6) is 3.94. The van der Waals surface area contributed by atoms with Crippen molar-refractivity contribution >= 4 is 28.2 Å². The van der Waals surface area contributed by atoms with Crippen molar-refractivity contribution in [3.05, 3.63) is 130 Å². The van der Waals surface area contributed by atoms with Gasteiger partial charge in [0.1, 0.15) is 41.0 Å². The summed E-state index contributed by atoms with van der Waals surface area (Å²) in [7, 11) is 0. The SMILES string of the molecule is Cc1noc(C)c1-c1cc(C(O)c2ccccn2)c2nc(C3CC3)n(C(=O)OC(C)(C)C)c2c1.Cc1noc(C)c1-c1cc(C(OC2CC2)c2ccccn2)c2nc(C3CC3)[nH]c2c1. The minimum absolute atomic E-state index is 0.183. The summed E-state index contributed by atoms with van der Waals surface area (Å²) >= 11 is 0. The fourth-order valence-electron chi connectivity index (χ4n) is 8.46. The zero-order chi connectivity index (χ0) is 44.4. The van der Waals surface area contributed by atoms with E-state index in [9.17, 15) is 9.90 Å². The number of H-pyrrole nitrogens is 1. The van der Waals surface area contributed by atoms with E-state index in [1.165, 1.54) is 12.8 Å². The van der Waals surface area contributed by atoms with Crippen molar-refractivity contribution < 1.29 is 28.4 Å². The van der Waals surface area contributed by atoms with Crippen LogP contribution in [0.3, 0.4) is 0 Å². The molecule has 2 unspecified atom stereocenters. The van der Waals surface area contributed by atoms with Crippen LogP contribution in [-0.2, 0) is 9.47 Å². The third-order valence-electron chi connectivity index (χ3n) is 11.9. The lowest BCUT2D eigenvalue weighted by Crippen LogP contribution is -2.28. The number of carbonyl (C=O) groups excluding carboxylic acids is 1. The van der Waals surface area contributed by atoms with Gasteiger partial charge in [-0.25, -0.2) is 19.3 Å². The molecule has 0 amide bonds. The first-order valence-electron chi connectivity index (χ1n) is 22.2. The zero-order valence-electron chi connectivity index (χ0n) is 37.2. The van der Waals surface area contributed by atoms with Crippen LogP contribution >= 0.6 is 0 Å². The third-order valence-corrected chi connectivity index (χ3v) is 11.9. The fourth-order valence-corrected chi connectivity index (χ4v) is 8.46. The monoisotopic (exact) mass is 860 g/mol. The molecule has 14 heteroatoms. The van der Waals surface area contributed by atoms with Gasteiger partial charge in [0.15, 0.2) is 0 Å². The molecule has 14 nitrogen and oxygen atoms in total. The molecule has 3 aliphatic carbocycles. The number of ether oxygens (including phenoxy) is 2. The molecular weight excluding hydrogens is 809 g/mol. The van der Waals surface area contributed by atoms with E-state index in [0.717, 1.165) is 93.2 Å². The predicted molar refractivity (Wildman–Crippen MR) is 240 cm³/mol. The van der Waals surface area contributed by atoms with Gasteiger partial charge in [-0.3, -0.25) is 9.97 Å². The van der Waals surface area contributed by atoms with Crippen LogP contribution in [0.15, 0.2) is 82.1 Å². The molecule has 0 saturated heterocycles. The molecule has 3 fully saturated rings. The maximum atomic E-state index is 13.4. The predicted octanol–water partition coefficient (Wildman–Crippen LogP) is 10.8. The molecule has 3 aliphatic rings. The standard InChI is InChI=1S/C26H28N4O4.C24H24N4O2/c1-14-21(15(2)34-29-14)17-12-18(23(31)19-8-6-7-11-27-19)22-20(13-17)30(24(28-22)16-9-10-16)25(32)33-26(3,4)5;1-13-21(14(2)30-28-13)16-11-18(22-20(12-16)26-24(27-22)15-6-7-15)23(29-17-8-9-17)19-5-3-4-10-25-19/h6-8,11-13,16,23,31H,9-10H2,1-5H3;3-5,10-12,15,17,23H,6-9H2,1-2H3,(H,26,27). The Labute approximate surface area is 370 Å². The van der Waals surface area contributed by atoms with Gasteiger partial charge in [-0.05, 0) is 147 Å². The molecule has 8 aromatic rings. The van der Waals surface area contributed by atoms with Crippen molar-refractivity contribution in [1.82, 2.24) is 39.8 Å². The number of fused-ring (bicyclic) bond motifs is 2. The molecule has 11 rings (SSSR count). The van der Waals surface area contributed by atoms with Gasteiger partial charge < -0.3 is 28.6 Å². The van der Waals surface area contributed by atoms with Gasteiger partial charge >= 0.3 is 6.09 Å². The molecule has 328 valence electrons. The topological polar surface area (TPSA) is 180 Å². The fraction of sp³-hybridized carbons (Fsp3) is 0.380. The van der Waals surface area contributed by atoms with Crippen LogP contribution in [0.5, 0.6) is 0 Å². The van der Waals surface area contributed by atoms with Crippen molar-refractivity contribution in [3.8, 4) is 22.3 Å². The maximum absolute atomic E-state index is 13.4. The number of benzene rings is 2. The van der Waals surface area contributed by atoms with Gasteiger partial charge in [-0.2, -0.15) is 0 Å². The quantitative estimate of drug-likeness (QED) is 0.133. The van der Waals surface area contributed by atoms with Crippen LogP contribution in [0.1, 0.15) is 140 Å². The van der Waals surface area contributed by atoms with E-state index in [0.29, 0.717) is 39.8 Å². The number of nitrogens with zero attached hydrogens (tertiary/aromatic N) is 7. The molecule has 0 aliphatic heterocycles. The Morgan fingerprint density at radius 1 is 0.766 bits per heavy atom. The Balaban J connectivity index is 0.000000152. The Morgan fingerprint density at radius 3 is 1.92 bits per heavy atom. The molecule has 64 heavy (non-hydrogen) atoms. The summed E-state index contributed by atoms with van der Waals surface area (Å²) in [4.78, 5) is 35.8. The highest BCUT2D eigenvalue weighted by atomic mass is 16.6. The summed E-state index contributed by atoms with van der Waals surface area (Å²) in [6.07, 6.45) is 8.52. The third kappa shape index (κ3) is 8.23. The van der Waals surface area contributed by atoms with Crippen LogP contribution in [0.25, 0.3) is 44.3 Å². The van der Waals surface area contributed by atoms with Crippen LogP contribution < -0.4 is 0 Å². The summed E-state index contributed by atoms with van der Waals surface area (Å²) in [5.41, 5.74) is 10.8. The summed E-state index contributed by atoms with van der Waals surface area (Å²) in [5, 5.41) is 19.6. The van der Waals surface area contributed by atoms with Gasteiger partial charge in [-0.15, -0.1) is 0 Å². The zero-order valence-corrected chi connectivity index (χ0v) is 37.2. The summed E-state index contributed by atoms with van der Waals surface area (Å²) < 4.78 is 24.7. The molecule has 6 heterocycles. The Morgan fingerprint density at radius 2 is 1.38 bits per heavy atom. The van der Waals surface area contributed by atoms with Gasteiger partial charge in [-0.1, -0.05) is 22.4 Å². The van der Waals surface area contributed by atoms with Crippen molar-refractivity contribution in [2.75, 3.05) is 0 Å². The second kappa shape index (κ2) is 16.2. The minimum atomic E-state index is -1.03. The largest absolute Gasteiger partial charge is 0.443 e. The number of nitrogens with one attached hydrogen (secondary N) is 1. The average Bonchev–Trinajstić information content (AvgIpc) is 4.23. The molecule has 2 N–H and O–H groups in total. The van der Waals surface area contributed by atoms with Gasteiger partial charge in [0, 0.05) is 46.5 Å². The number of rotatable bonds is 10. The van der Waals surface area contributed by atoms with Crippen LogP contribution in [-0.4, -0.2) is 62.7 Å². The Hall–Kier alpha value is -6.51. The summed E-state index contributed by atoms with van der Waals surface area (Å²) in [6, 6.07) is 19.5. The molecular formula is C50H52N8O6. The van der Waals surface area contributed by atoms with Crippen molar-refractivity contribution in [2.45, 2.75) is 123 Å². The second-order valence-corrected chi connectivity index (χ2v) is 18.4. The highest BCUT2D eigenvalue weighted by Crippen LogP contribution is 2.45. The molecule has 0 radical (unpaired) electrons. The molecule has 2 aromatic carbocycles. The van der Waals surface area contributed by atoms with E-state index in [1.807, 2.05) is 91.1 Å². The van der Waals surface area contributed by atoms with E-state index in [-0.39, 0.29) is 18.1 Å². The lowest BCUT2D eigenvalue weighted by atomic mass is 9.96. The maximum Gasteiger partial charge on any atom is 0.420 e. The number of aryl methyl sites for hydroxylation is 4. The Kier molecular flexibility index (Phi) is 10.5. The number of hydrogen-bond acceptors (Lipinski definition) is 12. The normalized spacial score (nSPS) is 16.2. The van der Waals surface area contributed by atoms with Crippen LogP contribution in [0.2, 0.25) is 0 Å². The lowest BCUT2D eigenvalue weighted by Gasteiger charge is -2.20. The van der Waals surface area contributed by atoms with Crippen molar-refractivity contribution in [2.24, 2.45) is 0 Å². The number of pyridine rings is 2. The number of aliphatic hydroxyl groups excluding tert-OH is 1. The second-order valence-electron chi connectivity index (χ2n) is 18.4. The number of carbonyl (C=O) groups is 1. The first-order chi connectivity index (χ1) is 30.8. The van der Waals surface area contributed by atoms with E-state index in [1.54, 1.807) is 22.9 Å². The van der Waals surface area contributed by atoms with Crippen molar-refractivity contribution in [1.29, 1.82) is 0 Å². The highest BCUT2D eigenvalue weighted by Gasteiger charge is 2.36. The highest BCUT2D eigenvalue weighted by molar-refractivity contribution is 5.94. The van der Waals surface area contributed by atoms with Gasteiger partial charge in [0.05, 0.1) is 50.9 Å². The number of imidazole rings is 2. The number of hydrogen-bond donors (Lipinski definition) is 2. The minimum Gasteiger partial charge on any atom is -0.443 e. The number of aromatic nitrogens is 8. The van der Waals surface area contributed by atoms with Crippen LogP contribution in [0, 0.1) is 27.7 Å². The van der Waals surface area contributed by atoms with E-state index < -0.39 is 17.8 Å². The first-order valence-corrected chi connectivity index (χ1v) is 22.2. The lowest BCUT2D eigenvalue weighted by molar-refractivity contribution is 0.0538. The first kappa shape index (κ1) is 41.5. The van der Waals surface area contributed by atoms with Gasteiger partial charge in [0.2, 0.25) is 0 Å². The molecule has 0 spiro atoms. The molecule has 0 bridgehead atoms. The Bertz CT molecular complexity index is 2960. The molecule has 6 aromatic heterocycles. The van der Waals surface area contributed by atoms with Crippen molar-refractivity contribution in [3.63, 3.8) is 0 Å². The van der Waals surface area contributed by atoms with Crippen LogP contribution in [0.4, 0.5) is 4.79 Å².